The largest absolute Gasteiger partial charge is 0.295 e. The number of thioether (sulfide) groups is 1. The molecule has 2 aromatic carbocycles. The first-order chi connectivity index (χ1) is 11.5. The Hall–Kier alpha value is -2.24. The van der Waals surface area contributed by atoms with Crippen molar-refractivity contribution in [2.45, 2.75) is 13.8 Å². The number of rotatable bonds is 3. The standard InChI is InChI=1S/C19H15NO2S2/c1-12-6-3-4-7-14(12)11-17-18(22)20(19(23)24-17)16-9-5-8-15(10-16)13(2)21/h3-11H,1-2H3/b17-11-. The van der Waals surface area contributed by atoms with Crippen molar-refractivity contribution in [1.29, 1.82) is 0 Å². The second kappa shape index (κ2) is 6.71. The van der Waals surface area contributed by atoms with Crippen molar-refractivity contribution in [2.75, 3.05) is 4.90 Å². The summed E-state index contributed by atoms with van der Waals surface area (Å²) in [4.78, 5) is 26.4. The van der Waals surface area contributed by atoms with Crippen LogP contribution in [-0.4, -0.2) is 16.0 Å². The molecule has 0 atom stereocenters. The maximum absolute atomic E-state index is 12.8. The highest BCUT2D eigenvalue weighted by molar-refractivity contribution is 8.27. The van der Waals surface area contributed by atoms with E-state index in [1.54, 1.807) is 24.3 Å². The van der Waals surface area contributed by atoms with Gasteiger partial charge in [0, 0.05) is 5.56 Å². The van der Waals surface area contributed by atoms with Crippen LogP contribution in [0.2, 0.25) is 0 Å². The number of aryl methyl sites for hydroxylation is 1. The number of hydrogen-bond donors (Lipinski definition) is 0. The lowest BCUT2D eigenvalue weighted by Crippen LogP contribution is -2.27. The third-order valence-electron chi connectivity index (χ3n) is 3.78. The quantitative estimate of drug-likeness (QED) is 0.459. The molecule has 0 unspecified atom stereocenters. The third-order valence-corrected chi connectivity index (χ3v) is 5.08. The SMILES string of the molecule is CC(=O)c1cccc(N2C(=O)/C(=C/c3ccccc3C)SC2=S)c1. The molecule has 5 heteroatoms. The lowest BCUT2D eigenvalue weighted by Gasteiger charge is -2.15. The fourth-order valence-electron chi connectivity index (χ4n) is 2.44. The fraction of sp³-hybridized carbons (Fsp3) is 0.105. The van der Waals surface area contributed by atoms with Gasteiger partial charge in [0.05, 0.1) is 10.6 Å². The second-order valence-corrected chi connectivity index (χ2v) is 7.16. The Morgan fingerprint density at radius 3 is 2.62 bits per heavy atom. The van der Waals surface area contributed by atoms with Gasteiger partial charge in [0.2, 0.25) is 0 Å². The number of Topliss-reactive ketones (excluding diaryl/α,β-unsaturated/α-hetero) is 1. The van der Waals surface area contributed by atoms with Crippen LogP contribution in [0, 0.1) is 6.92 Å². The summed E-state index contributed by atoms with van der Waals surface area (Å²) < 4.78 is 0.473. The summed E-state index contributed by atoms with van der Waals surface area (Å²) in [6, 6.07) is 14.8. The monoisotopic (exact) mass is 353 g/mol. The number of amides is 1. The Labute approximate surface area is 150 Å². The predicted molar refractivity (Wildman–Crippen MR) is 103 cm³/mol. The van der Waals surface area contributed by atoms with E-state index in [9.17, 15) is 9.59 Å². The van der Waals surface area contributed by atoms with Gasteiger partial charge >= 0.3 is 0 Å². The first-order valence-electron chi connectivity index (χ1n) is 7.42. The average molecular weight is 353 g/mol. The highest BCUT2D eigenvalue weighted by Crippen LogP contribution is 2.36. The Morgan fingerprint density at radius 2 is 1.92 bits per heavy atom. The molecule has 0 radical (unpaired) electrons. The van der Waals surface area contributed by atoms with Crippen molar-refractivity contribution >= 4 is 51.8 Å². The molecule has 0 saturated carbocycles. The zero-order valence-corrected chi connectivity index (χ0v) is 14.9. The number of ketones is 1. The van der Waals surface area contributed by atoms with Crippen molar-refractivity contribution in [3.8, 4) is 0 Å². The maximum atomic E-state index is 12.8. The summed E-state index contributed by atoms with van der Waals surface area (Å²) in [5.74, 6) is -0.202. The van der Waals surface area contributed by atoms with Crippen LogP contribution < -0.4 is 4.90 Å². The minimum atomic E-state index is -0.158. The summed E-state index contributed by atoms with van der Waals surface area (Å²) in [5.41, 5.74) is 3.28. The van der Waals surface area contributed by atoms with Gasteiger partial charge in [-0.05, 0) is 43.2 Å². The van der Waals surface area contributed by atoms with Gasteiger partial charge in [-0.3, -0.25) is 14.5 Å². The summed E-state index contributed by atoms with van der Waals surface area (Å²) in [7, 11) is 0. The molecule has 0 spiro atoms. The molecule has 3 nitrogen and oxygen atoms in total. The maximum Gasteiger partial charge on any atom is 0.270 e. The van der Waals surface area contributed by atoms with Gasteiger partial charge < -0.3 is 0 Å². The van der Waals surface area contributed by atoms with Gasteiger partial charge in [0.1, 0.15) is 0 Å². The van der Waals surface area contributed by atoms with E-state index in [1.807, 2.05) is 37.3 Å². The van der Waals surface area contributed by atoms with Crippen LogP contribution in [0.3, 0.4) is 0 Å². The molecular formula is C19H15NO2S2. The first kappa shape index (κ1) is 16.6. The van der Waals surface area contributed by atoms with E-state index in [1.165, 1.54) is 23.6 Å². The van der Waals surface area contributed by atoms with Crippen molar-refractivity contribution in [3.63, 3.8) is 0 Å². The van der Waals surface area contributed by atoms with E-state index >= 15 is 0 Å². The normalized spacial score (nSPS) is 16.1. The number of carbonyl (C=O) groups is 2. The van der Waals surface area contributed by atoms with E-state index in [-0.39, 0.29) is 11.7 Å². The Balaban J connectivity index is 1.97. The van der Waals surface area contributed by atoms with E-state index in [0.29, 0.717) is 20.5 Å². The molecule has 0 aromatic heterocycles. The third kappa shape index (κ3) is 3.18. The van der Waals surface area contributed by atoms with Crippen LogP contribution >= 0.6 is 24.0 Å². The molecule has 24 heavy (non-hydrogen) atoms. The summed E-state index contributed by atoms with van der Waals surface area (Å²) in [5, 5.41) is 0. The summed E-state index contributed by atoms with van der Waals surface area (Å²) in [6.45, 7) is 3.50. The van der Waals surface area contributed by atoms with Gasteiger partial charge in [-0.1, -0.05) is 60.4 Å². The first-order valence-corrected chi connectivity index (χ1v) is 8.64. The molecule has 0 N–H and O–H groups in total. The highest BCUT2D eigenvalue weighted by Gasteiger charge is 2.33. The minimum absolute atomic E-state index is 0.0438. The topological polar surface area (TPSA) is 37.4 Å². The zero-order chi connectivity index (χ0) is 17.3. The molecule has 1 saturated heterocycles. The van der Waals surface area contributed by atoms with Crippen LogP contribution in [0.5, 0.6) is 0 Å². The molecule has 0 bridgehead atoms. The van der Waals surface area contributed by atoms with Crippen LogP contribution in [0.25, 0.3) is 6.08 Å². The number of anilines is 1. The number of nitrogens with zero attached hydrogens (tertiary/aromatic N) is 1. The molecule has 1 amide bonds. The Bertz CT molecular complexity index is 886. The van der Waals surface area contributed by atoms with Crippen LogP contribution in [0.15, 0.2) is 53.4 Å². The van der Waals surface area contributed by atoms with E-state index in [4.69, 9.17) is 12.2 Å². The number of benzene rings is 2. The van der Waals surface area contributed by atoms with Gasteiger partial charge in [-0.15, -0.1) is 0 Å². The Morgan fingerprint density at radius 1 is 1.17 bits per heavy atom. The van der Waals surface area contributed by atoms with E-state index < -0.39 is 0 Å². The second-order valence-electron chi connectivity index (χ2n) is 5.48. The summed E-state index contributed by atoms with van der Waals surface area (Å²) >= 11 is 6.66. The minimum Gasteiger partial charge on any atom is -0.295 e. The van der Waals surface area contributed by atoms with Gasteiger partial charge in [0.15, 0.2) is 10.1 Å². The molecule has 120 valence electrons. The molecule has 1 heterocycles. The lowest BCUT2D eigenvalue weighted by molar-refractivity contribution is -0.113. The summed E-state index contributed by atoms with van der Waals surface area (Å²) in [6.07, 6.45) is 1.86. The molecule has 1 fully saturated rings. The van der Waals surface area contributed by atoms with Crippen molar-refractivity contribution in [1.82, 2.24) is 0 Å². The number of carbonyl (C=O) groups excluding carboxylic acids is 2. The Kier molecular flexibility index (Phi) is 4.64. The number of hydrogen-bond acceptors (Lipinski definition) is 4. The van der Waals surface area contributed by atoms with Crippen molar-refractivity contribution in [2.24, 2.45) is 0 Å². The zero-order valence-electron chi connectivity index (χ0n) is 13.3. The lowest BCUT2D eigenvalue weighted by atomic mass is 10.1. The number of thiocarbonyl (C=S) groups is 1. The van der Waals surface area contributed by atoms with Crippen LogP contribution in [0.4, 0.5) is 5.69 Å². The van der Waals surface area contributed by atoms with Gasteiger partial charge in [0.25, 0.3) is 5.91 Å². The average Bonchev–Trinajstić information content (AvgIpc) is 2.83. The predicted octanol–water partition coefficient (Wildman–Crippen LogP) is 4.60. The highest BCUT2D eigenvalue weighted by atomic mass is 32.2. The van der Waals surface area contributed by atoms with Crippen LogP contribution in [0.1, 0.15) is 28.4 Å². The fourth-order valence-corrected chi connectivity index (χ4v) is 3.73. The smallest absolute Gasteiger partial charge is 0.270 e. The molecule has 0 aliphatic carbocycles. The molecule has 2 aromatic rings. The molecule has 3 rings (SSSR count). The van der Waals surface area contributed by atoms with E-state index in [0.717, 1.165) is 11.1 Å². The van der Waals surface area contributed by atoms with Crippen molar-refractivity contribution < 1.29 is 9.59 Å². The van der Waals surface area contributed by atoms with E-state index in [2.05, 4.69) is 0 Å². The molecule has 1 aliphatic heterocycles. The van der Waals surface area contributed by atoms with Crippen molar-refractivity contribution in [3.05, 3.63) is 70.1 Å². The molecular weight excluding hydrogens is 338 g/mol. The molecule has 1 aliphatic rings. The van der Waals surface area contributed by atoms with Gasteiger partial charge in [-0.2, -0.15) is 0 Å². The van der Waals surface area contributed by atoms with Gasteiger partial charge in [-0.25, -0.2) is 0 Å². The van der Waals surface area contributed by atoms with Crippen LogP contribution in [-0.2, 0) is 4.79 Å².